The lowest BCUT2D eigenvalue weighted by molar-refractivity contribution is 0.0266. The molecule has 0 aliphatic carbocycles. The standard InChI is InChI=1S/C15H30N4O2/c1-5-18(14(20)21-15(2,3)4)12-9-17-13(16)19-10-7-6-8-11-19/h5-12H2,1-4H3,(H2,16,17). The summed E-state index contributed by atoms with van der Waals surface area (Å²) < 4.78 is 5.36. The second-order valence-corrected chi connectivity index (χ2v) is 6.35. The van der Waals surface area contributed by atoms with Gasteiger partial charge in [0, 0.05) is 26.2 Å². The number of ether oxygens (including phenoxy) is 1. The van der Waals surface area contributed by atoms with Gasteiger partial charge >= 0.3 is 6.09 Å². The highest BCUT2D eigenvalue weighted by molar-refractivity contribution is 5.78. The molecule has 1 rings (SSSR count). The van der Waals surface area contributed by atoms with Crippen molar-refractivity contribution in [3.63, 3.8) is 0 Å². The van der Waals surface area contributed by atoms with Gasteiger partial charge in [0.05, 0.1) is 6.54 Å². The molecule has 21 heavy (non-hydrogen) atoms. The number of likely N-dealkylation sites (tertiary alicyclic amines) is 1. The van der Waals surface area contributed by atoms with Crippen molar-refractivity contribution in [2.75, 3.05) is 32.7 Å². The Kier molecular flexibility index (Phi) is 6.78. The Morgan fingerprint density at radius 3 is 2.43 bits per heavy atom. The van der Waals surface area contributed by atoms with E-state index in [4.69, 9.17) is 10.5 Å². The summed E-state index contributed by atoms with van der Waals surface area (Å²) in [7, 11) is 0. The number of carbonyl (C=O) groups is 1. The number of nitrogens with two attached hydrogens (primary N) is 1. The van der Waals surface area contributed by atoms with Gasteiger partial charge in [0.15, 0.2) is 5.96 Å². The maximum Gasteiger partial charge on any atom is 0.410 e. The number of hydrogen-bond acceptors (Lipinski definition) is 3. The van der Waals surface area contributed by atoms with Crippen LogP contribution >= 0.6 is 0 Å². The first-order chi connectivity index (χ1) is 9.83. The molecule has 0 aromatic heterocycles. The largest absolute Gasteiger partial charge is 0.444 e. The number of guanidine groups is 1. The van der Waals surface area contributed by atoms with Gasteiger partial charge in [-0.1, -0.05) is 0 Å². The van der Waals surface area contributed by atoms with E-state index in [0.717, 1.165) is 13.1 Å². The number of piperidine rings is 1. The zero-order valence-electron chi connectivity index (χ0n) is 13.9. The highest BCUT2D eigenvalue weighted by atomic mass is 16.6. The third kappa shape index (κ3) is 6.69. The summed E-state index contributed by atoms with van der Waals surface area (Å²) in [6.45, 7) is 11.1. The Hall–Kier alpha value is -1.46. The Balaban J connectivity index is 2.41. The van der Waals surface area contributed by atoms with Crippen molar-refractivity contribution in [3.05, 3.63) is 0 Å². The zero-order chi connectivity index (χ0) is 15.9. The van der Waals surface area contributed by atoms with Gasteiger partial charge in [0.2, 0.25) is 0 Å². The second-order valence-electron chi connectivity index (χ2n) is 6.35. The summed E-state index contributed by atoms with van der Waals surface area (Å²) in [5.74, 6) is 0.593. The number of rotatable bonds is 4. The van der Waals surface area contributed by atoms with Gasteiger partial charge in [-0.05, 0) is 47.0 Å². The highest BCUT2D eigenvalue weighted by Crippen LogP contribution is 2.10. The number of nitrogens with zero attached hydrogens (tertiary/aromatic N) is 3. The van der Waals surface area contributed by atoms with Gasteiger partial charge in [-0.15, -0.1) is 0 Å². The van der Waals surface area contributed by atoms with Gasteiger partial charge in [-0.3, -0.25) is 4.99 Å². The number of hydrogen-bond donors (Lipinski definition) is 1. The fraction of sp³-hybridized carbons (Fsp3) is 0.867. The van der Waals surface area contributed by atoms with Crippen LogP contribution in [0, 0.1) is 0 Å². The molecule has 1 saturated heterocycles. The molecule has 6 nitrogen and oxygen atoms in total. The van der Waals surface area contributed by atoms with Crippen LogP contribution in [-0.2, 0) is 4.74 Å². The van der Waals surface area contributed by atoms with E-state index in [-0.39, 0.29) is 6.09 Å². The van der Waals surface area contributed by atoms with Crippen LogP contribution in [0.4, 0.5) is 4.79 Å². The third-order valence-corrected chi connectivity index (χ3v) is 3.36. The van der Waals surface area contributed by atoms with Crippen LogP contribution in [-0.4, -0.2) is 60.2 Å². The fourth-order valence-electron chi connectivity index (χ4n) is 2.21. The van der Waals surface area contributed by atoms with Crippen LogP contribution in [0.15, 0.2) is 4.99 Å². The van der Waals surface area contributed by atoms with Gasteiger partial charge in [0.25, 0.3) is 0 Å². The van der Waals surface area contributed by atoms with E-state index < -0.39 is 5.60 Å². The lowest BCUT2D eigenvalue weighted by Gasteiger charge is -2.28. The number of aliphatic imine (C=N–C) groups is 1. The quantitative estimate of drug-likeness (QED) is 0.637. The molecule has 0 saturated carbocycles. The van der Waals surface area contributed by atoms with Crippen LogP contribution in [0.2, 0.25) is 0 Å². The first-order valence-electron chi connectivity index (χ1n) is 7.86. The molecule has 1 heterocycles. The normalized spacial score (nSPS) is 16.8. The van der Waals surface area contributed by atoms with Gasteiger partial charge in [-0.25, -0.2) is 4.79 Å². The average molecular weight is 298 g/mol. The van der Waals surface area contributed by atoms with Gasteiger partial charge in [0.1, 0.15) is 5.60 Å². The molecule has 0 radical (unpaired) electrons. The molecule has 0 spiro atoms. The minimum atomic E-state index is -0.472. The predicted molar refractivity (Wildman–Crippen MR) is 85.4 cm³/mol. The van der Waals surface area contributed by atoms with Crippen molar-refractivity contribution in [2.45, 2.75) is 52.6 Å². The van der Waals surface area contributed by atoms with Crippen molar-refractivity contribution in [2.24, 2.45) is 10.7 Å². The Morgan fingerprint density at radius 2 is 1.90 bits per heavy atom. The molecule has 6 heteroatoms. The monoisotopic (exact) mass is 298 g/mol. The van der Waals surface area contributed by atoms with Crippen molar-refractivity contribution < 1.29 is 9.53 Å². The molecule has 122 valence electrons. The van der Waals surface area contributed by atoms with E-state index in [1.165, 1.54) is 19.3 Å². The van der Waals surface area contributed by atoms with E-state index in [2.05, 4.69) is 9.89 Å². The Morgan fingerprint density at radius 1 is 1.29 bits per heavy atom. The summed E-state index contributed by atoms with van der Waals surface area (Å²) in [5, 5.41) is 0. The van der Waals surface area contributed by atoms with E-state index in [9.17, 15) is 4.79 Å². The van der Waals surface area contributed by atoms with Crippen molar-refractivity contribution in [1.29, 1.82) is 0 Å². The van der Waals surface area contributed by atoms with E-state index in [1.54, 1.807) is 4.90 Å². The number of carbonyl (C=O) groups excluding carboxylic acids is 1. The molecule has 2 N–H and O–H groups in total. The van der Waals surface area contributed by atoms with Crippen LogP contribution in [0.1, 0.15) is 47.0 Å². The average Bonchev–Trinajstić information content (AvgIpc) is 2.42. The SMILES string of the molecule is CCN(CCN=C(N)N1CCCCC1)C(=O)OC(C)(C)C. The molecule has 0 bridgehead atoms. The summed E-state index contributed by atoms with van der Waals surface area (Å²) in [5.41, 5.74) is 5.52. The van der Waals surface area contributed by atoms with Gasteiger partial charge in [-0.2, -0.15) is 0 Å². The molecular formula is C15H30N4O2. The maximum absolute atomic E-state index is 12.0. The van der Waals surface area contributed by atoms with E-state index in [0.29, 0.717) is 25.6 Å². The molecule has 1 aliphatic heterocycles. The lowest BCUT2D eigenvalue weighted by atomic mass is 10.1. The van der Waals surface area contributed by atoms with E-state index in [1.807, 2.05) is 27.7 Å². The minimum absolute atomic E-state index is 0.295. The molecule has 1 amide bonds. The van der Waals surface area contributed by atoms with Crippen molar-refractivity contribution in [3.8, 4) is 0 Å². The molecule has 0 aromatic rings. The van der Waals surface area contributed by atoms with Crippen LogP contribution < -0.4 is 5.73 Å². The molecule has 0 atom stereocenters. The number of likely N-dealkylation sites (N-methyl/N-ethyl adjacent to an activating group) is 1. The summed E-state index contributed by atoms with van der Waals surface area (Å²) in [4.78, 5) is 20.1. The Bertz CT molecular complexity index is 357. The lowest BCUT2D eigenvalue weighted by Crippen LogP contribution is -2.42. The van der Waals surface area contributed by atoms with Crippen LogP contribution in [0.25, 0.3) is 0 Å². The molecule has 0 unspecified atom stereocenters. The van der Waals surface area contributed by atoms with Gasteiger partial charge < -0.3 is 20.3 Å². The maximum atomic E-state index is 12.0. The fourth-order valence-corrected chi connectivity index (χ4v) is 2.21. The summed E-state index contributed by atoms with van der Waals surface area (Å²) >= 11 is 0. The predicted octanol–water partition coefficient (Wildman–Crippen LogP) is 2.04. The number of amides is 1. The minimum Gasteiger partial charge on any atom is -0.444 e. The molecule has 0 aromatic carbocycles. The second kappa shape index (κ2) is 8.10. The molecular weight excluding hydrogens is 268 g/mol. The first-order valence-corrected chi connectivity index (χ1v) is 7.86. The highest BCUT2D eigenvalue weighted by Gasteiger charge is 2.20. The van der Waals surface area contributed by atoms with Crippen LogP contribution in [0.5, 0.6) is 0 Å². The molecule has 1 aliphatic rings. The van der Waals surface area contributed by atoms with Crippen molar-refractivity contribution >= 4 is 12.1 Å². The van der Waals surface area contributed by atoms with E-state index >= 15 is 0 Å². The van der Waals surface area contributed by atoms with Crippen LogP contribution in [0.3, 0.4) is 0 Å². The summed E-state index contributed by atoms with van der Waals surface area (Å²) in [6, 6.07) is 0. The topological polar surface area (TPSA) is 71.2 Å². The smallest absolute Gasteiger partial charge is 0.410 e. The summed E-state index contributed by atoms with van der Waals surface area (Å²) in [6.07, 6.45) is 3.33. The van der Waals surface area contributed by atoms with Crippen molar-refractivity contribution in [1.82, 2.24) is 9.80 Å². The third-order valence-electron chi connectivity index (χ3n) is 3.36. The first kappa shape index (κ1) is 17.6. The Labute approximate surface area is 128 Å². The molecule has 1 fully saturated rings. The zero-order valence-corrected chi connectivity index (χ0v) is 13.9.